The highest BCUT2D eigenvalue weighted by Gasteiger charge is 2.15. The summed E-state index contributed by atoms with van der Waals surface area (Å²) in [7, 11) is 0.769. The molecule has 10 heteroatoms. The Morgan fingerprint density at radius 1 is 1.00 bits per heavy atom. The number of sulfonamides is 1. The number of anilines is 1. The third-order valence-corrected chi connectivity index (χ3v) is 5.63. The van der Waals surface area contributed by atoms with Gasteiger partial charge in [-0.05, 0) is 60.3 Å². The largest absolute Gasteiger partial charge is 0.339 e. The van der Waals surface area contributed by atoms with Crippen LogP contribution in [-0.2, 0) is 14.9 Å². The van der Waals surface area contributed by atoms with Crippen LogP contribution in [0.3, 0.4) is 0 Å². The molecule has 0 aliphatic carbocycles. The SMILES string of the molecule is CONS(=O)(=O)c1ccc(C(=O)Nc2ccc(SC(=O)N(C)C)cc2)cc1. The Labute approximate surface area is 161 Å². The second kappa shape index (κ2) is 9.00. The number of benzene rings is 2. The number of hydrogen-bond acceptors (Lipinski definition) is 6. The molecule has 2 N–H and O–H groups in total. The monoisotopic (exact) mass is 409 g/mol. The van der Waals surface area contributed by atoms with Crippen LogP contribution in [0.1, 0.15) is 10.4 Å². The van der Waals surface area contributed by atoms with E-state index in [9.17, 15) is 18.0 Å². The van der Waals surface area contributed by atoms with Crippen LogP contribution in [0.5, 0.6) is 0 Å². The number of rotatable bonds is 6. The third kappa shape index (κ3) is 5.79. The van der Waals surface area contributed by atoms with Crippen molar-refractivity contribution in [2.45, 2.75) is 9.79 Å². The normalized spacial score (nSPS) is 11.1. The van der Waals surface area contributed by atoms with Gasteiger partial charge in [-0.25, -0.2) is 8.42 Å². The maximum atomic E-state index is 12.3. The molecule has 2 aromatic rings. The zero-order valence-electron chi connectivity index (χ0n) is 14.9. The van der Waals surface area contributed by atoms with Crippen molar-refractivity contribution >= 4 is 38.6 Å². The number of carbonyl (C=O) groups is 2. The molecule has 0 fully saturated rings. The van der Waals surface area contributed by atoms with Crippen molar-refractivity contribution in [1.82, 2.24) is 9.79 Å². The first kappa shape index (κ1) is 20.9. The molecule has 2 amide bonds. The zero-order valence-corrected chi connectivity index (χ0v) is 16.6. The molecule has 0 bridgehead atoms. The fourth-order valence-electron chi connectivity index (χ4n) is 1.94. The van der Waals surface area contributed by atoms with Gasteiger partial charge in [0, 0.05) is 30.2 Å². The van der Waals surface area contributed by atoms with Gasteiger partial charge < -0.3 is 10.2 Å². The van der Waals surface area contributed by atoms with Crippen molar-refractivity contribution in [3.8, 4) is 0 Å². The first-order valence-electron chi connectivity index (χ1n) is 7.68. The molecule has 0 aromatic heterocycles. The summed E-state index contributed by atoms with van der Waals surface area (Å²) in [5.41, 5.74) is 0.854. The molecule has 2 rings (SSSR count). The molecule has 0 heterocycles. The lowest BCUT2D eigenvalue weighted by molar-refractivity contribution is 0.102. The minimum Gasteiger partial charge on any atom is -0.339 e. The number of nitrogens with one attached hydrogen (secondary N) is 2. The van der Waals surface area contributed by atoms with Crippen LogP contribution < -0.4 is 10.2 Å². The van der Waals surface area contributed by atoms with Gasteiger partial charge in [0.15, 0.2) is 0 Å². The Kier molecular flexibility index (Phi) is 6.97. The fourth-order valence-corrected chi connectivity index (χ4v) is 3.41. The van der Waals surface area contributed by atoms with E-state index in [1.807, 2.05) is 4.89 Å². The van der Waals surface area contributed by atoms with E-state index in [0.29, 0.717) is 11.3 Å². The number of hydrogen-bond donors (Lipinski definition) is 2. The minimum absolute atomic E-state index is 0.0205. The first-order valence-corrected chi connectivity index (χ1v) is 9.98. The van der Waals surface area contributed by atoms with Gasteiger partial charge in [-0.3, -0.25) is 14.4 Å². The minimum atomic E-state index is -3.77. The molecular formula is C17H19N3O5S2. The number of thioether (sulfide) groups is 1. The maximum absolute atomic E-state index is 12.3. The van der Waals surface area contributed by atoms with E-state index in [1.165, 1.54) is 36.3 Å². The summed E-state index contributed by atoms with van der Waals surface area (Å²) in [6, 6.07) is 12.3. The maximum Gasteiger partial charge on any atom is 0.285 e. The molecule has 144 valence electrons. The van der Waals surface area contributed by atoms with Gasteiger partial charge in [0.1, 0.15) is 0 Å². The highest BCUT2D eigenvalue weighted by Crippen LogP contribution is 2.22. The van der Waals surface area contributed by atoms with Crippen molar-refractivity contribution in [3.63, 3.8) is 0 Å². The summed E-state index contributed by atoms with van der Waals surface area (Å²) in [6.45, 7) is 0. The summed E-state index contributed by atoms with van der Waals surface area (Å²) in [4.78, 5) is 32.5. The fraction of sp³-hybridized carbons (Fsp3) is 0.176. The summed E-state index contributed by atoms with van der Waals surface area (Å²) >= 11 is 1.08. The average molecular weight is 409 g/mol. The molecular weight excluding hydrogens is 390 g/mol. The predicted molar refractivity (Wildman–Crippen MR) is 103 cm³/mol. The lowest BCUT2D eigenvalue weighted by Gasteiger charge is -2.10. The highest BCUT2D eigenvalue weighted by atomic mass is 32.2. The van der Waals surface area contributed by atoms with Crippen LogP contribution in [0.15, 0.2) is 58.3 Å². The van der Waals surface area contributed by atoms with Gasteiger partial charge in [0.05, 0.1) is 12.0 Å². The van der Waals surface area contributed by atoms with E-state index in [1.54, 1.807) is 38.4 Å². The Balaban J connectivity index is 2.03. The number of nitrogens with zero attached hydrogens (tertiary/aromatic N) is 1. The van der Waals surface area contributed by atoms with Crippen LogP contribution in [0.2, 0.25) is 0 Å². The standard InChI is InChI=1S/C17H19N3O5S2/c1-20(2)17(22)26-14-8-6-13(7-9-14)18-16(21)12-4-10-15(11-5-12)27(23,24)19-25-3/h4-11,19H,1-3H3,(H,18,21). The number of amides is 2. The molecule has 0 aliphatic rings. The summed E-state index contributed by atoms with van der Waals surface area (Å²) < 4.78 is 23.6. The smallest absolute Gasteiger partial charge is 0.285 e. The molecule has 2 aromatic carbocycles. The molecule has 0 radical (unpaired) electrons. The summed E-state index contributed by atoms with van der Waals surface area (Å²) in [5, 5.41) is 2.62. The average Bonchev–Trinajstić information content (AvgIpc) is 2.63. The van der Waals surface area contributed by atoms with Gasteiger partial charge in [0.25, 0.3) is 21.2 Å². The van der Waals surface area contributed by atoms with E-state index >= 15 is 0 Å². The molecule has 0 atom stereocenters. The van der Waals surface area contributed by atoms with E-state index in [-0.39, 0.29) is 16.0 Å². The zero-order chi connectivity index (χ0) is 20.0. The quantitative estimate of drug-likeness (QED) is 0.561. The van der Waals surface area contributed by atoms with Crippen molar-refractivity contribution in [3.05, 3.63) is 54.1 Å². The van der Waals surface area contributed by atoms with E-state index < -0.39 is 10.0 Å². The van der Waals surface area contributed by atoms with Gasteiger partial charge in [-0.1, -0.05) is 4.89 Å². The third-order valence-electron chi connectivity index (χ3n) is 3.30. The van der Waals surface area contributed by atoms with Crippen LogP contribution in [-0.4, -0.2) is 45.7 Å². The molecule has 0 saturated heterocycles. The first-order chi connectivity index (χ1) is 12.7. The molecule has 0 aliphatic heterocycles. The topological polar surface area (TPSA) is 105 Å². The van der Waals surface area contributed by atoms with E-state index in [2.05, 4.69) is 10.2 Å². The summed E-state index contributed by atoms with van der Waals surface area (Å²) in [6.07, 6.45) is 0. The van der Waals surface area contributed by atoms with Crippen molar-refractivity contribution in [2.24, 2.45) is 0 Å². The molecule has 8 nitrogen and oxygen atoms in total. The number of carbonyl (C=O) groups excluding carboxylic acids is 2. The Morgan fingerprint density at radius 2 is 1.59 bits per heavy atom. The van der Waals surface area contributed by atoms with Gasteiger partial charge in [-0.2, -0.15) is 0 Å². The lowest BCUT2D eigenvalue weighted by atomic mass is 10.2. The Bertz CT molecular complexity index is 911. The van der Waals surface area contributed by atoms with Crippen LogP contribution >= 0.6 is 11.8 Å². The molecule has 0 saturated carbocycles. The van der Waals surface area contributed by atoms with E-state index in [4.69, 9.17) is 0 Å². The molecule has 0 unspecified atom stereocenters. The second-order valence-electron chi connectivity index (χ2n) is 5.56. The lowest BCUT2D eigenvalue weighted by Crippen LogP contribution is -2.22. The van der Waals surface area contributed by atoms with Crippen molar-refractivity contribution < 1.29 is 22.8 Å². The van der Waals surface area contributed by atoms with Crippen LogP contribution in [0.4, 0.5) is 10.5 Å². The van der Waals surface area contributed by atoms with Gasteiger partial charge >= 0.3 is 0 Å². The summed E-state index contributed by atoms with van der Waals surface area (Å²) in [5.74, 6) is -0.386. The second-order valence-corrected chi connectivity index (χ2v) is 8.23. The Morgan fingerprint density at radius 3 is 2.11 bits per heavy atom. The Hall–Kier alpha value is -2.40. The van der Waals surface area contributed by atoms with Crippen molar-refractivity contribution in [2.75, 3.05) is 26.5 Å². The van der Waals surface area contributed by atoms with Crippen LogP contribution in [0, 0.1) is 0 Å². The van der Waals surface area contributed by atoms with Crippen molar-refractivity contribution in [1.29, 1.82) is 0 Å². The molecule has 0 spiro atoms. The van der Waals surface area contributed by atoms with Gasteiger partial charge in [0.2, 0.25) is 0 Å². The predicted octanol–water partition coefficient (Wildman–Crippen LogP) is 2.55. The molecule has 27 heavy (non-hydrogen) atoms. The van der Waals surface area contributed by atoms with E-state index in [0.717, 1.165) is 16.7 Å². The highest BCUT2D eigenvalue weighted by molar-refractivity contribution is 8.13. The van der Waals surface area contributed by atoms with Gasteiger partial charge in [-0.15, -0.1) is 0 Å². The van der Waals surface area contributed by atoms with Crippen LogP contribution in [0.25, 0.3) is 0 Å².